The third kappa shape index (κ3) is 4.22. The summed E-state index contributed by atoms with van der Waals surface area (Å²) in [6.07, 6.45) is 2.76. The number of anilines is 2. The van der Waals surface area contributed by atoms with Crippen LogP contribution in [0.5, 0.6) is 0 Å². The number of carbonyl (C=O) groups excluding carboxylic acids is 1. The molecule has 0 saturated carbocycles. The Morgan fingerprint density at radius 1 is 1.29 bits per heavy atom. The van der Waals surface area contributed by atoms with Crippen molar-refractivity contribution in [3.8, 4) is 0 Å². The van der Waals surface area contributed by atoms with Gasteiger partial charge in [0.2, 0.25) is 0 Å². The van der Waals surface area contributed by atoms with E-state index in [-0.39, 0.29) is 11.4 Å². The van der Waals surface area contributed by atoms with Crippen LogP contribution in [0.4, 0.5) is 15.9 Å². The fourth-order valence-electron chi connectivity index (χ4n) is 1.57. The summed E-state index contributed by atoms with van der Waals surface area (Å²) < 4.78 is 18.3. The maximum atomic E-state index is 13.4. The van der Waals surface area contributed by atoms with E-state index in [1.54, 1.807) is 19.2 Å². The molecule has 0 aliphatic carbocycles. The van der Waals surface area contributed by atoms with E-state index < -0.39 is 11.7 Å². The van der Waals surface area contributed by atoms with Gasteiger partial charge in [-0.15, -0.1) is 0 Å². The van der Waals surface area contributed by atoms with Crippen molar-refractivity contribution in [3.63, 3.8) is 0 Å². The van der Waals surface area contributed by atoms with Crippen molar-refractivity contribution in [2.45, 2.75) is 0 Å². The second-order valence-corrected chi connectivity index (χ2v) is 4.14. The molecule has 2 aromatic rings. The Kier molecular flexibility index (Phi) is 5.16. The van der Waals surface area contributed by atoms with Gasteiger partial charge in [0, 0.05) is 13.7 Å². The smallest absolute Gasteiger partial charge is 0.275 e. The van der Waals surface area contributed by atoms with E-state index in [1.807, 2.05) is 0 Å². The Morgan fingerprint density at radius 2 is 2.10 bits per heavy atom. The van der Waals surface area contributed by atoms with Crippen molar-refractivity contribution in [3.05, 3.63) is 48.2 Å². The summed E-state index contributed by atoms with van der Waals surface area (Å²) in [5.41, 5.74) is 0.210. The molecular weight excluding hydrogens is 275 g/mol. The lowest BCUT2D eigenvalue weighted by atomic mass is 10.3. The average molecular weight is 290 g/mol. The summed E-state index contributed by atoms with van der Waals surface area (Å²) in [5, 5.41) is 5.42. The second kappa shape index (κ2) is 7.30. The molecular formula is C14H15FN4O2. The zero-order valence-electron chi connectivity index (χ0n) is 11.5. The molecule has 21 heavy (non-hydrogen) atoms. The highest BCUT2D eigenvalue weighted by Crippen LogP contribution is 2.13. The first kappa shape index (κ1) is 14.9. The molecule has 0 aliphatic rings. The van der Waals surface area contributed by atoms with Crippen LogP contribution in [0.25, 0.3) is 0 Å². The molecule has 1 aromatic heterocycles. The van der Waals surface area contributed by atoms with Gasteiger partial charge in [-0.3, -0.25) is 4.79 Å². The number of nitrogens with one attached hydrogen (secondary N) is 2. The zero-order chi connectivity index (χ0) is 15.1. The number of nitrogens with zero attached hydrogens (tertiary/aromatic N) is 2. The Hall–Kier alpha value is -2.54. The lowest BCUT2D eigenvalue weighted by molar-refractivity contribution is 0.102. The third-order valence-electron chi connectivity index (χ3n) is 2.62. The summed E-state index contributed by atoms with van der Waals surface area (Å²) in [5.74, 6) is -0.484. The number of amides is 1. The maximum Gasteiger partial charge on any atom is 0.275 e. The number of aromatic nitrogens is 2. The topological polar surface area (TPSA) is 76.1 Å². The molecule has 1 amide bonds. The summed E-state index contributed by atoms with van der Waals surface area (Å²) >= 11 is 0. The molecule has 0 spiro atoms. The van der Waals surface area contributed by atoms with Crippen LogP contribution in [0.1, 0.15) is 10.5 Å². The molecule has 0 saturated heterocycles. The number of ether oxygens (including phenoxy) is 1. The molecule has 1 heterocycles. The number of carbonyl (C=O) groups is 1. The SMILES string of the molecule is COCCNc1cnc(C(=O)Nc2ccccc2F)cn1. The summed E-state index contributed by atoms with van der Waals surface area (Å²) in [6, 6.07) is 5.92. The monoisotopic (exact) mass is 290 g/mol. The molecule has 7 heteroatoms. The normalized spacial score (nSPS) is 10.2. The molecule has 0 fully saturated rings. The Morgan fingerprint density at radius 3 is 2.76 bits per heavy atom. The van der Waals surface area contributed by atoms with E-state index >= 15 is 0 Å². The molecule has 110 valence electrons. The first-order valence-electron chi connectivity index (χ1n) is 6.31. The van der Waals surface area contributed by atoms with E-state index in [0.717, 1.165) is 0 Å². The Labute approximate surface area is 121 Å². The van der Waals surface area contributed by atoms with Gasteiger partial charge in [-0.2, -0.15) is 0 Å². The lowest BCUT2D eigenvalue weighted by Gasteiger charge is -2.07. The first-order valence-corrected chi connectivity index (χ1v) is 6.31. The predicted octanol–water partition coefficient (Wildman–Crippen LogP) is 1.93. The summed E-state index contributed by atoms with van der Waals surface area (Å²) in [6.45, 7) is 1.13. The van der Waals surface area contributed by atoms with Crippen LogP contribution in [-0.4, -0.2) is 36.1 Å². The second-order valence-electron chi connectivity index (χ2n) is 4.14. The number of hydrogen-bond donors (Lipinski definition) is 2. The van der Waals surface area contributed by atoms with Gasteiger partial charge >= 0.3 is 0 Å². The molecule has 1 aromatic carbocycles. The average Bonchev–Trinajstić information content (AvgIpc) is 2.50. The highest BCUT2D eigenvalue weighted by atomic mass is 19.1. The van der Waals surface area contributed by atoms with Gasteiger partial charge in [0.05, 0.1) is 24.7 Å². The van der Waals surface area contributed by atoms with Gasteiger partial charge in [-0.1, -0.05) is 12.1 Å². The minimum Gasteiger partial charge on any atom is -0.383 e. The van der Waals surface area contributed by atoms with Crippen molar-refractivity contribution < 1.29 is 13.9 Å². The van der Waals surface area contributed by atoms with Crippen molar-refractivity contribution in [1.82, 2.24) is 9.97 Å². The molecule has 0 unspecified atom stereocenters. The molecule has 2 N–H and O–H groups in total. The van der Waals surface area contributed by atoms with E-state index in [2.05, 4.69) is 20.6 Å². The van der Waals surface area contributed by atoms with Gasteiger partial charge in [-0.05, 0) is 12.1 Å². The predicted molar refractivity (Wildman–Crippen MR) is 76.8 cm³/mol. The Bertz CT molecular complexity index is 604. The van der Waals surface area contributed by atoms with E-state index in [1.165, 1.54) is 24.5 Å². The number of hydrogen-bond acceptors (Lipinski definition) is 5. The third-order valence-corrected chi connectivity index (χ3v) is 2.62. The van der Waals surface area contributed by atoms with Crippen LogP contribution in [0.2, 0.25) is 0 Å². The summed E-state index contributed by atoms with van der Waals surface area (Å²) in [7, 11) is 1.60. The lowest BCUT2D eigenvalue weighted by Crippen LogP contribution is -2.16. The van der Waals surface area contributed by atoms with Crippen molar-refractivity contribution in [2.75, 3.05) is 30.9 Å². The molecule has 0 radical (unpaired) electrons. The van der Waals surface area contributed by atoms with Crippen LogP contribution in [0.15, 0.2) is 36.7 Å². The summed E-state index contributed by atoms with van der Waals surface area (Å²) in [4.78, 5) is 20.0. The maximum absolute atomic E-state index is 13.4. The van der Waals surface area contributed by atoms with E-state index in [0.29, 0.717) is 19.0 Å². The fraction of sp³-hybridized carbons (Fsp3) is 0.214. The van der Waals surface area contributed by atoms with Crippen LogP contribution in [0.3, 0.4) is 0 Å². The van der Waals surface area contributed by atoms with Crippen LogP contribution >= 0.6 is 0 Å². The minimum atomic E-state index is -0.518. The van der Waals surface area contributed by atoms with Crippen LogP contribution in [0, 0.1) is 5.82 Å². The van der Waals surface area contributed by atoms with Gasteiger partial charge in [0.15, 0.2) is 0 Å². The van der Waals surface area contributed by atoms with E-state index in [4.69, 9.17) is 4.74 Å². The standard InChI is InChI=1S/C14H15FN4O2/c1-21-7-6-16-13-9-17-12(8-18-13)14(20)19-11-5-3-2-4-10(11)15/h2-5,8-9H,6-7H2,1H3,(H,16,18)(H,19,20). The van der Waals surface area contributed by atoms with Crippen LogP contribution in [-0.2, 0) is 4.74 Å². The number of rotatable bonds is 6. The number of benzene rings is 1. The number of methoxy groups -OCH3 is 1. The highest BCUT2D eigenvalue weighted by Gasteiger charge is 2.10. The molecule has 6 nitrogen and oxygen atoms in total. The molecule has 0 aliphatic heterocycles. The highest BCUT2D eigenvalue weighted by molar-refractivity contribution is 6.02. The van der Waals surface area contributed by atoms with Crippen molar-refractivity contribution >= 4 is 17.4 Å². The molecule has 2 rings (SSSR count). The fourth-order valence-corrected chi connectivity index (χ4v) is 1.57. The van der Waals surface area contributed by atoms with E-state index in [9.17, 15) is 9.18 Å². The van der Waals surface area contributed by atoms with Gasteiger partial charge in [0.25, 0.3) is 5.91 Å². The van der Waals surface area contributed by atoms with Crippen molar-refractivity contribution in [2.24, 2.45) is 0 Å². The molecule has 0 bridgehead atoms. The zero-order valence-corrected chi connectivity index (χ0v) is 11.5. The van der Waals surface area contributed by atoms with Gasteiger partial charge in [0.1, 0.15) is 17.3 Å². The number of para-hydroxylation sites is 1. The van der Waals surface area contributed by atoms with Gasteiger partial charge < -0.3 is 15.4 Å². The number of halogens is 1. The molecule has 0 atom stereocenters. The Balaban J connectivity index is 1.98. The quantitative estimate of drug-likeness (QED) is 0.795. The van der Waals surface area contributed by atoms with Gasteiger partial charge in [-0.25, -0.2) is 14.4 Å². The van der Waals surface area contributed by atoms with Crippen LogP contribution < -0.4 is 10.6 Å². The van der Waals surface area contributed by atoms with Crippen molar-refractivity contribution in [1.29, 1.82) is 0 Å². The first-order chi connectivity index (χ1) is 10.2. The largest absolute Gasteiger partial charge is 0.383 e. The minimum absolute atomic E-state index is 0.103.